The molecule has 1 aliphatic rings. The molecule has 0 spiro atoms. The highest BCUT2D eigenvalue weighted by Crippen LogP contribution is 2.21. The molecule has 3 aromatic rings. The van der Waals surface area contributed by atoms with Crippen LogP contribution in [0.25, 0.3) is 11.5 Å². The second-order valence-electron chi connectivity index (χ2n) is 7.93. The zero-order chi connectivity index (χ0) is 20.9. The standard InChI is InChI=1S/C24H27N3O3/c1-17-25-26-24(30-17)20-9-4-8-19(14-20)23(29)11-5-10-22(28)16-27-13-12-18-6-2-3-7-21(18)15-27/h2-4,6-9,14,22,28H,5,10-13,15-16H2,1H3. The third-order valence-electron chi connectivity index (χ3n) is 5.58. The highest BCUT2D eigenvalue weighted by Gasteiger charge is 2.18. The molecule has 0 fully saturated rings. The Morgan fingerprint density at radius 3 is 2.80 bits per heavy atom. The van der Waals surface area contributed by atoms with E-state index < -0.39 is 6.10 Å². The Hall–Kier alpha value is -2.83. The quantitative estimate of drug-likeness (QED) is 0.574. The maximum absolute atomic E-state index is 12.6. The van der Waals surface area contributed by atoms with E-state index >= 15 is 0 Å². The number of aryl methyl sites for hydroxylation is 1. The summed E-state index contributed by atoms with van der Waals surface area (Å²) in [7, 11) is 0. The van der Waals surface area contributed by atoms with Gasteiger partial charge in [-0.15, -0.1) is 10.2 Å². The molecule has 2 aromatic carbocycles. The SMILES string of the molecule is Cc1nnc(-c2cccc(C(=O)CCCC(O)CN3CCc4ccccc4C3)c2)o1. The van der Waals surface area contributed by atoms with Gasteiger partial charge in [0, 0.05) is 44.1 Å². The molecule has 1 aromatic heterocycles. The van der Waals surface area contributed by atoms with Crippen LogP contribution < -0.4 is 0 Å². The number of β-amino-alcohol motifs (C(OH)–C–C–N with tert-alkyl or cyclic N) is 1. The van der Waals surface area contributed by atoms with Gasteiger partial charge >= 0.3 is 0 Å². The van der Waals surface area contributed by atoms with Crippen LogP contribution in [0, 0.1) is 6.92 Å². The van der Waals surface area contributed by atoms with E-state index in [1.807, 2.05) is 12.1 Å². The Morgan fingerprint density at radius 1 is 1.17 bits per heavy atom. The van der Waals surface area contributed by atoms with Crippen molar-refractivity contribution in [1.82, 2.24) is 15.1 Å². The molecule has 0 saturated carbocycles. The minimum absolute atomic E-state index is 0.0622. The molecule has 1 N–H and O–H groups in total. The number of aliphatic hydroxyl groups is 1. The lowest BCUT2D eigenvalue weighted by molar-refractivity contribution is 0.0901. The van der Waals surface area contributed by atoms with Gasteiger partial charge in [0.25, 0.3) is 0 Å². The van der Waals surface area contributed by atoms with E-state index in [2.05, 4.69) is 39.4 Å². The maximum atomic E-state index is 12.6. The van der Waals surface area contributed by atoms with E-state index in [9.17, 15) is 9.90 Å². The molecule has 1 atom stereocenters. The second-order valence-corrected chi connectivity index (χ2v) is 7.93. The number of aliphatic hydroxyl groups excluding tert-OH is 1. The number of benzene rings is 2. The first-order chi connectivity index (χ1) is 14.6. The molecule has 6 heteroatoms. The lowest BCUT2D eigenvalue weighted by Gasteiger charge is -2.30. The number of hydrogen-bond donors (Lipinski definition) is 1. The lowest BCUT2D eigenvalue weighted by atomic mass is 9.99. The molecule has 0 aliphatic carbocycles. The van der Waals surface area contributed by atoms with Gasteiger partial charge in [-0.2, -0.15) is 0 Å². The van der Waals surface area contributed by atoms with Crippen molar-refractivity contribution in [3.63, 3.8) is 0 Å². The summed E-state index contributed by atoms with van der Waals surface area (Å²) in [6.07, 6.45) is 2.29. The number of nitrogens with zero attached hydrogens (tertiary/aromatic N) is 3. The Balaban J connectivity index is 1.25. The van der Waals surface area contributed by atoms with E-state index in [0.29, 0.717) is 43.2 Å². The van der Waals surface area contributed by atoms with E-state index in [4.69, 9.17) is 4.42 Å². The lowest BCUT2D eigenvalue weighted by Crippen LogP contribution is -2.36. The number of carbonyl (C=O) groups is 1. The fourth-order valence-corrected chi connectivity index (χ4v) is 3.98. The largest absolute Gasteiger partial charge is 0.421 e. The zero-order valence-electron chi connectivity index (χ0n) is 17.3. The number of rotatable bonds is 8. The average Bonchev–Trinajstić information content (AvgIpc) is 3.20. The van der Waals surface area contributed by atoms with Crippen LogP contribution in [-0.4, -0.2) is 45.2 Å². The van der Waals surface area contributed by atoms with E-state index in [-0.39, 0.29) is 5.78 Å². The minimum atomic E-state index is -0.421. The molecule has 156 valence electrons. The highest BCUT2D eigenvalue weighted by molar-refractivity contribution is 5.96. The monoisotopic (exact) mass is 405 g/mol. The van der Waals surface area contributed by atoms with Gasteiger partial charge in [-0.1, -0.05) is 36.4 Å². The molecule has 0 bridgehead atoms. The van der Waals surface area contributed by atoms with Gasteiger partial charge in [-0.05, 0) is 42.5 Å². The topological polar surface area (TPSA) is 79.5 Å². The summed E-state index contributed by atoms with van der Waals surface area (Å²) in [4.78, 5) is 14.9. The Labute approximate surface area is 176 Å². The molecule has 2 heterocycles. The van der Waals surface area contributed by atoms with E-state index in [1.165, 1.54) is 11.1 Å². The van der Waals surface area contributed by atoms with Gasteiger partial charge in [0.1, 0.15) is 0 Å². The molecule has 4 rings (SSSR count). The summed E-state index contributed by atoms with van der Waals surface area (Å²) >= 11 is 0. The zero-order valence-corrected chi connectivity index (χ0v) is 17.3. The molecule has 0 amide bonds. The van der Waals surface area contributed by atoms with Crippen LogP contribution in [0.2, 0.25) is 0 Å². The van der Waals surface area contributed by atoms with Crippen LogP contribution >= 0.6 is 0 Å². The van der Waals surface area contributed by atoms with E-state index in [0.717, 1.165) is 25.1 Å². The third-order valence-corrected chi connectivity index (χ3v) is 5.58. The molecule has 0 saturated heterocycles. The van der Waals surface area contributed by atoms with Crippen molar-refractivity contribution in [3.8, 4) is 11.5 Å². The second kappa shape index (κ2) is 9.32. The fraction of sp³-hybridized carbons (Fsp3) is 0.375. The molecule has 6 nitrogen and oxygen atoms in total. The van der Waals surface area contributed by atoms with Gasteiger partial charge in [0.15, 0.2) is 5.78 Å². The van der Waals surface area contributed by atoms with Crippen LogP contribution in [0.1, 0.15) is 46.6 Å². The van der Waals surface area contributed by atoms with E-state index in [1.54, 1.807) is 19.1 Å². The summed E-state index contributed by atoms with van der Waals surface area (Å²) in [5, 5.41) is 18.3. The number of ketones is 1. The van der Waals surface area contributed by atoms with Gasteiger partial charge in [-0.25, -0.2) is 0 Å². The Morgan fingerprint density at radius 2 is 2.00 bits per heavy atom. The van der Waals surface area contributed by atoms with Crippen molar-refractivity contribution < 1.29 is 14.3 Å². The van der Waals surface area contributed by atoms with Crippen molar-refractivity contribution in [2.75, 3.05) is 13.1 Å². The number of Topliss-reactive ketones (excluding diaryl/α,β-unsaturated/α-hetero) is 1. The number of carbonyl (C=O) groups excluding carboxylic acids is 1. The van der Waals surface area contributed by atoms with Gasteiger partial charge < -0.3 is 9.52 Å². The number of aromatic nitrogens is 2. The van der Waals surface area contributed by atoms with Crippen molar-refractivity contribution in [3.05, 3.63) is 71.1 Å². The highest BCUT2D eigenvalue weighted by atomic mass is 16.4. The molecular formula is C24H27N3O3. The van der Waals surface area contributed by atoms with Gasteiger partial charge in [0.2, 0.25) is 11.8 Å². The minimum Gasteiger partial charge on any atom is -0.421 e. The summed E-state index contributed by atoms with van der Waals surface area (Å²) in [5.74, 6) is 0.973. The van der Waals surface area contributed by atoms with Crippen LogP contribution in [0.15, 0.2) is 52.9 Å². The van der Waals surface area contributed by atoms with Crippen LogP contribution in [0.5, 0.6) is 0 Å². The predicted molar refractivity (Wildman–Crippen MR) is 114 cm³/mol. The molecule has 1 aliphatic heterocycles. The Kier molecular flexibility index (Phi) is 6.35. The summed E-state index contributed by atoms with van der Waals surface area (Å²) in [6.45, 7) is 4.23. The molecule has 0 radical (unpaired) electrons. The maximum Gasteiger partial charge on any atom is 0.247 e. The normalized spacial score (nSPS) is 15.0. The first-order valence-electron chi connectivity index (χ1n) is 10.5. The summed E-state index contributed by atoms with van der Waals surface area (Å²) in [6, 6.07) is 15.8. The number of fused-ring (bicyclic) bond motifs is 1. The first-order valence-corrected chi connectivity index (χ1v) is 10.5. The average molecular weight is 405 g/mol. The van der Waals surface area contributed by atoms with Gasteiger partial charge in [0.05, 0.1) is 6.10 Å². The fourth-order valence-electron chi connectivity index (χ4n) is 3.98. The number of hydrogen-bond acceptors (Lipinski definition) is 6. The molecule has 1 unspecified atom stereocenters. The summed E-state index contributed by atoms with van der Waals surface area (Å²) < 4.78 is 5.44. The van der Waals surface area contributed by atoms with Gasteiger partial charge in [-0.3, -0.25) is 9.69 Å². The smallest absolute Gasteiger partial charge is 0.247 e. The van der Waals surface area contributed by atoms with Crippen molar-refractivity contribution in [1.29, 1.82) is 0 Å². The van der Waals surface area contributed by atoms with Crippen molar-refractivity contribution >= 4 is 5.78 Å². The van der Waals surface area contributed by atoms with Crippen LogP contribution in [0.4, 0.5) is 0 Å². The first kappa shape index (κ1) is 20.4. The summed E-state index contributed by atoms with van der Waals surface area (Å²) in [5.41, 5.74) is 4.13. The predicted octanol–water partition coefficient (Wildman–Crippen LogP) is 3.82. The van der Waals surface area contributed by atoms with Crippen LogP contribution in [0.3, 0.4) is 0 Å². The van der Waals surface area contributed by atoms with Crippen LogP contribution in [-0.2, 0) is 13.0 Å². The third kappa shape index (κ3) is 5.01. The van der Waals surface area contributed by atoms with Crippen molar-refractivity contribution in [2.45, 2.75) is 45.3 Å². The molecule has 30 heavy (non-hydrogen) atoms. The Bertz CT molecular complexity index is 1010. The van der Waals surface area contributed by atoms with Crippen molar-refractivity contribution in [2.24, 2.45) is 0 Å². The molecular weight excluding hydrogens is 378 g/mol.